The molecule has 36 heavy (non-hydrogen) atoms. The van der Waals surface area contributed by atoms with Gasteiger partial charge in [0, 0.05) is 17.5 Å². The Morgan fingerprint density at radius 1 is 0.722 bits per heavy atom. The summed E-state index contributed by atoms with van der Waals surface area (Å²) in [6.07, 6.45) is 19.1. The fourth-order valence-electron chi connectivity index (χ4n) is 4.60. The average Bonchev–Trinajstić information content (AvgIpc) is 2.85. The van der Waals surface area contributed by atoms with Crippen molar-refractivity contribution in [3.8, 4) is 0 Å². The number of alkyl halides is 3. The number of carbonyl (C=O) groups is 1. The molecule has 0 saturated heterocycles. The molecule has 0 fully saturated rings. The Kier molecular flexibility index (Phi) is 15.7. The van der Waals surface area contributed by atoms with Crippen molar-refractivity contribution < 1.29 is 4.79 Å². The van der Waals surface area contributed by atoms with Crippen LogP contribution in [0.3, 0.4) is 0 Å². The van der Waals surface area contributed by atoms with Crippen LogP contribution in [0.5, 0.6) is 0 Å². The maximum Gasteiger partial charge on any atom is 0.228 e. The number of unbranched alkanes of at least 4 members (excludes halogenated alkanes) is 14. The normalized spacial score (nSPS) is 12.6. The van der Waals surface area contributed by atoms with Gasteiger partial charge in [-0.3, -0.25) is 4.79 Å². The summed E-state index contributed by atoms with van der Waals surface area (Å²) in [7, 11) is 0. The van der Waals surface area contributed by atoms with Gasteiger partial charge >= 0.3 is 0 Å². The van der Waals surface area contributed by atoms with E-state index >= 15 is 0 Å². The van der Waals surface area contributed by atoms with Crippen molar-refractivity contribution in [3.05, 3.63) is 42.5 Å². The van der Waals surface area contributed by atoms with Crippen LogP contribution in [0, 0.1) is 0 Å². The van der Waals surface area contributed by atoms with Crippen LogP contribution >= 0.6 is 34.8 Å². The van der Waals surface area contributed by atoms with Gasteiger partial charge in [-0.1, -0.05) is 168 Å². The molecule has 2 N–H and O–H groups in total. The number of rotatable bonds is 19. The first-order valence-electron chi connectivity index (χ1n) is 14.0. The summed E-state index contributed by atoms with van der Waals surface area (Å²) >= 11 is 18.6. The Labute approximate surface area is 234 Å². The summed E-state index contributed by atoms with van der Waals surface area (Å²) in [5.41, 5.74) is 0.816. The van der Waals surface area contributed by atoms with E-state index in [2.05, 4.69) is 17.6 Å². The summed E-state index contributed by atoms with van der Waals surface area (Å²) in [4.78, 5) is 12.6. The Balaban J connectivity index is 1.57. The van der Waals surface area contributed by atoms with Gasteiger partial charge in [-0.2, -0.15) is 0 Å². The smallest absolute Gasteiger partial charge is 0.228 e. The van der Waals surface area contributed by atoms with E-state index in [4.69, 9.17) is 34.8 Å². The van der Waals surface area contributed by atoms with Crippen molar-refractivity contribution in [2.75, 3.05) is 5.32 Å². The molecular formula is C30H45Cl3N2O. The van der Waals surface area contributed by atoms with E-state index in [1.807, 2.05) is 42.5 Å². The topological polar surface area (TPSA) is 41.1 Å². The van der Waals surface area contributed by atoms with Crippen LogP contribution in [0.15, 0.2) is 42.5 Å². The summed E-state index contributed by atoms with van der Waals surface area (Å²) in [6, 6.07) is 13.9. The van der Waals surface area contributed by atoms with Crippen LogP contribution in [0.25, 0.3) is 10.8 Å². The van der Waals surface area contributed by atoms with Gasteiger partial charge < -0.3 is 10.6 Å². The van der Waals surface area contributed by atoms with Crippen molar-refractivity contribution in [2.45, 2.75) is 120 Å². The number of anilines is 1. The number of nitrogens with one attached hydrogen (secondary N) is 2. The molecule has 0 aliphatic heterocycles. The molecule has 1 atom stereocenters. The minimum atomic E-state index is -1.68. The summed E-state index contributed by atoms with van der Waals surface area (Å²) in [5, 5.41) is 8.18. The molecule has 0 radical (unpaired) electrons. The molecular weight excluding hydrogens is 511 g/mol. The zero-order chi connectivity index (χ0) is 26.1. The highest BCUT2D eigenvalue weighted by Gasteiger charge is 2.34. The van der Waals surface area contributed by atoms with Gasteiger partial charge in [-0.05, 0) is 17.9 Å². The van der Waals surface area contributed by atoms with Gasteiger partial charge in [-0.25, -0.2) is 0 Å². The van der Waals surface area contributed by atoms with Crippen LogP contribution in [0.2, 0.25) is 0 Å². The Morgan fingerprint density at radius 2 is 1.22 bits per heavy atom. The molecule has 2 aromatic rings. The number of hydrogen-bond acceptors (Lipinski definition) is 2. The van der Waals surface area contributed by atoms with Crippen molar-refractivity contribution in [1.29, 1.82) is 0 Å². The standard InChI is InChI=1S/C30H45Cl3N2O/c1-2-3-4-5-6-7-8-9-10-11-12-13-14-15-16-24-28(36)35-29(30(31,32)33)34-27-23-19-21-25-20-17-18-22-26(25)27/h17-23,29,34H,2-16,24H2,1H3,(H,35,36)/t29-/m1/s1. The number of carbonyl (C=O) groups excluding carboxylic acids is 1. The molecule has 6 heteroatoms. The molecule has 0 saturated carbocycles. The Morgan fingerprint density at radius 3 is 1.78 bits per heavy atom. The van der Waals surface area contributed by atoms with Crippen LogP contribution in [0.4, 0.5) is 5.69 Å². The van der Waals surface area contributed by atoms with Crippen molar-refractivity contribution in [2.24, 2.45) is 0 Å². The lowest BCUT2D eigenvalue weighted by atomic mass is 10.0. The lowest BCUT2D eigenvalue weighted by Gasteiger charge is -2.28. The van der Waals surface area contributed by atoms with Gasteiger partial charge in [0.15, 0.2) is 0 Å². The van der Waals surface area contributed by atoms with Crippen molar-refractivity contribution in [3.63, 3.8) is 0 Å². The van der Waals surface area contributed by atoms with Crippen LogP contribution < -0.4 is 10.6 Å². The number of benzene rings is 2. The Bertz CT molecular complexity index is 863. The second-order valence-electron chi connectivity index (χ2n) is 9.91. The predicted octanol–water partition coefficient (Wildman–Crippen LogP) is 10.3. The first kappa shape index (κ1) is 31.1. The minimum Gasteiger partial charge on any atom is -0.361 e. The summed E-state index contributed by atoms with van der Waals surface area (Å²) < 4.78 is -1.68. The zero-order valence-electron chi connectivity index (χ0n) is 22.0. The maximum absolute atomic E-state index is 12.6. The number of fused-ring (bicyclic) bond motifs is 1. The minimum absolute atomic E-state index is 0.103. The largest absolute Gasteiger partial charge is 0.361 e. The quantitative estimate of drug-likeness (QED) is 0.103. The third kappa shape index (κ3) is 12.9. The average molecular weight is 556 g/mol. The van der Waals surface area contributed by atoms with Crippen molar-refractivity contribution >= 4 is 57.2 Å². The van der Waals surface area contributed by atoms with Gasteiger partial charge in [0.1, 0.15) is 6.17 Å². The first-order chi connectivity index (χ1) is 17.4. The third-order valence-corrected chi connectivity index (χ3v) is 7.38. The second kappa shape index (κ2) is 18.2. The van der Waals surface area contributed by atoms with E-state index in [1.54, 1.807) is 0 Å². The van der Waals surface area contributed by atoms with E-state index in [9.17, 15) is 4.79 Å². The fourth-order valence-corrected chi connectivity index (χ4v) is 4.92. The SMILES string of the molecule is CCCCCCCCCCCCCCCCCC(=O)N[C@@H](Nc1cccc2ccccc12)C(Cl)(Cl)Cl. The molecule has 0 aliphatic rings. The van der Waals surface area contributed by atoms with Crippen molar-refractivity contribution in [1.82, 2.24) is 5.32 Å². The van der Waals surface area contributed by atoms with Gasteiger partial charge in [-0.15, -0.1) is 0 Å². The highest BCUT2D eigenvalue weighted by Crippen LogP contribution is 2.33. The van der Waals surface area contributed by atoms with E-state index in [0.717, 1.165) is 29.3 Å². The van der Waals surface area contributed by atoms with Gasteiger partial charge in [0.25, 0.3) is 0 Å². The summed E-state index contributed by atoms with van der Waals surface area (Å²) in [6.45, 7) is 2.27. The van der Waals surface area contributed by atoms with E-state index in [-0.39, 0.29) is 5.91 Å². The Hall–Kier alpha value is -1.16. The molecule has 2 aromatic carbocycles. The van der Waals surface area contributed by atoms with Gasteiger partial charge in [0.2, 0.25) is 9.70 Å². The lowest BCUT2D eigenvalue weighted by Crippen LogP contribution is -2.49. The van der Waals surface area contributed by atoms with Crippen LogP contribution in [-0.4, -0.2) is 15.9 Å². The van der Waals surface area contributed by atoms with Crippen LogP contribution in [0.1, 0.15) is 110 Å². The summed E-state index contributed by atoms with van der Waals surface area (Å²) in [5.74, 6) is -0.103. The first-order valence-corrected chi connectivity index (χ1v) is 15.2. The lowest BCUT2D eigenvalue weighted by molar-refractivity contribution is -0.121. The number of hydrogen-bond donors (Lipinski definition) is 2. The van der Waals surface area contributed by atoms with Crippen LogP contribution in [-0.2, 0) is 4.79 Å². The maximum atomic E-state index is 12.6. The molecule has 0 aromatic heterocycles. The monoisotopic (exact) mass is 554 g/mol. The second-order valence-corrected chi connectivity index (χ2v) is 12.3. The zero-order valence-corrected chi connectivity index (χ0v) is 24.2. The molecule has 1 amide bonds. The fraction of sp³-hybridized carbons (Fsp3) is 0.633. The molecule has 2 rings (SSSR count). The third-order valence-electron chi connectivity index (χ3n) is 6.73. The number of halogens is 3. The molecule has 3 nitrogen and oxygen atoms in total. The molecule has 0 bridgehead atoms. The van der Waals surface area contributed by atoms with E-state index in [0.29, 0.717) is 6.42 Å². The highest BCUT2D eigenvalue weighted by atomic mass is 35.6. The molecule has 0 aliphatic carbocycles. The van der Waals surface area contributed by atoms with Gasteiger partial charge in [0.05, 0.1) is 0 Å². The molecule has 202 valence electrons. The van der Waals surface area contributed by atoms with E-state index < -0.39 is 9.96 Å². The number of amides is 1. The molecule has 0 spiro atoms. The highest BCUT2D eigenvalue weighted by molar-refractivity contribution is 6.68. The van der Waals surface area contributed by atoms with E-state index in [1.165, 1.54) is 83.5 Å². The molecule has 0 heterocycles. The predicted molar refractivity (Wildman–Crippen MR) is 159 cm³/mol. The molecule has 0 unspecified atom stereocenters.